The van der Waals surface area contributed by atoms with E-state index in [1.165, 1.54) is 0 Å². The molecule has 0 bridgehead atoms. The second-order valence-corrected chi connectivity index (χ2v) is 10.9. The van der Waals surface area contributed by atoms with Crippen LogP contribution in [0, 0.1) is 16.7 Å². The molecule has 0 aliphatic heterocycles. The van der Waals surface area contributed by atoms with Gasteiger partial charge in [0.25, 0.3) is 0 Å². The molecule has 0 amide bonds. The van der Waals surface area contributed by atoms with Crippen LogP contribution in [0.25, 0.3) is 0 Å². The molecule has 0 N–H and O–H groups in total. The smallest absolute Gasteiger partial charge is 0.191 e. The predicted molar refractivity (Wildman–Crippen MR) is 71.7 cm³/mol. The molecule has 0 saturated heterocycles. The maximum atomic E-state index is 9.01. The van der Waals surface area contributed by atoms with Crippen LogP contribution in [-0.4, -0.2) is 14.9 Å². The van der Waals surface area contributed by atoms with E-state index >= 15 is 0 Å². The van der Waals surface area contributed by atoms with Crippen molar-refractivity contribution in [3.8, 4) is 6.07 Å². The van der Waals surface area contributed by atoms with Gasteiger partial charge in [0.15, 0.2) is 8.32 Å². The van der Waals surface area contributed by atoms with Gasteiger partial charge in [-0.25, -0.2) is 0 Å². The van der Waals surface area contributed by atoms with E-state index in [-0.39, 0.29) is 5.04 Å². The molecule has 2 nitrogen and oxygen atoms in total. The van der Waals surface area contributed by atoms with Gasteiger partial charge in [0.1, 0.15) is 0 Å². The van der Waals surface area contributed by atoms with E-state index in [9.17, 15) is 0 Å². The third-order valence-electron chi connectivity index (χ3n) is 3.60. The summed E-state index contributed by atoms with van der Waals surface area (Å²) >= 11 is 0. The molecule has 0 spiro atoms. The highest BCUT2D eigenvalue weighted by atomic mass is 28.4. The monoisotopic (exact) mass is 239 g/mol. The Morgan fingerprint density at radius 3 is 2.12 bits per heavy atom. The molecule has 0 aromatic rings. The molecule has 1 atom stereocenters. The lowest BCUT2D eigenvalue weighted by atomic mass is 9.89. The zero-order chi connectivity index (χ0) is 13.0. The number of hydrogen-bond donors (Lipinski definition) is 0. The molecule has 0 radical (unpaired) electrons. The minimum absolute atomic E-state index is 0.226. The van der Waals surface area contributed by atoms with Crippen molar-refractivity contribution in [2.45, 2.75) is 52.2 Å². The summed E-state index contributed by atoms with van der Waals surface area (Å²) in [6.07, 6.45) is 2.43. The van der Waals surface area contributed by atoms with Gasteiger partial charge in [-0.1, -0.05) is 26.8 Å². The molecule has 0 aliphatic rings. The first-order chi connectivity index (χ1) is 7.08. The Labute approximate surface area is 101 Å². The van der Waals surface area contributed by atoms with E-state index in [0.29, 0.717) is 6.61 Å². The van der Waals surface area contributed by atoms with Crippen LogP contribution in [0.15, 0.2) is 12.7 Å². The van der Waals surface area contributed by atoms with Crippen molar-refractivity contribution in [3.05, 3.63) is 12.7 Å². The first kappa shape index (κ1) is 15.4. The number of hydrogen-bond acceptors (Lipinski definition) is 2. The van der Waals surface area contributed by atoms with E-state index in [1.807, 2.05) is 6.92 Å². The van der Waals surface area contributed by atoms with Gasteiger partial charge in [-0.05, 0) is 31.5 Å². The normalized spacial score (nSPS) is 16.3. The Hall–Kier alpha value is -0.593. The zero-order valence-electron chi connectivity index (χ0n) is 11.6. The van der Waals surface area contributed by atoms with Crippen molar-refractivity contribution in [1.82, 2.24) is 0 Å². The van der Waals surface area contributed by atoms with E-state index in [2.05, 4.69) is 46.5 Å². The van der Waals surface area contributed by atoms with Crippen LogP contribution in [0.4, 0.5) is 0 Å². The third kappa shape index (κ3) is 4.11. The van der Waals surface area contributed by atoms with Crippen molar-refractivity contribution < 1.29 is 4.43 Å². The molecule has 0 rings (SSSR count). The maximum Gasteiger partial charge on any atom is 0.191 e. The predicted octanol–water partition coefficient (Wildman–Crippen LogP) is 4.11. The number of allylic oxidation sites excluding steroid dienone is 1. The minimum Gasteiger partial charge on any atom is -0.417 e. The van der Waals surface area contributed by atoms with Gasteiger partial charge >= 0.3 is 0 Å². The summed E-state index contributed by atoms with van der Waals surface area (Å²) < 4.78 is 6.03. The molecular weight excluding hydrogens is 214 g/mol. The molecule has 3 heteroatoms. The van der Waals surface area contributed by atoms with E-state index < -0.39 is 13.7 Å². The summed E-state index contributed by atoms with van der Waals surface area (Å²) in [7, 11) is -1.67. The van der Waals surface area contributed by atoms with Crippen molar-refractivity contribution in [1.29, 1.82) is 5.26 Å². The van der Waals surface area contributed by atoms with Crippen LogP contribution in [0.3, 0.4) is 0 Å². The zero-order valence-corrected chi connectivity index (χ0v) is 12.6. The van der Waals surface area contributed by atoms with Crippen molar-refractivity contribution >= 4 is 8.32 Å². The quantitative estimate of drug-likeness (QED) is 0.534. The van der Waals surface area contributed by atoms with E-state index in [4.69, 9.17) is 9.69 Å². The van der Waals surface area contributed by atoms with Crippen LogP contribution in [0.5, 0.6) is 0 Å². The second kappa shape index (κ2) is 5.16. The first-order valence-electron chi connectivity index (χ1n) is 5.77. The summed E-state index contributed by atoms with van der Waals surface area (Å²) in [5.74, 6) is 0. The van der Waals surface area contributed by atoms with Crippen LogP contribution in [0.2, 0.25) is 18.1 Å². The second-order valence-electron chi connectivity index (χ2n) is 6.09. The average Bonchev–Trinajstić information content (AvgIpc) is 2.15. The molecule has 92 valence electrons. The molecule has 0 saturated carbocycles. The fraction of sp³-hybridized carbons (Fsp3) is 0.769. The molecular formula is C13H25NOSi. The van der Waals surface area contributed by atoms with Gasteiger partial charge in [0.05, 0.1) is 11.5 Å². The van der Waals surface area contributed by atoms with Crippen LogP contribution in [-0.2, 0) is 4.43 Å². The lowest BCUT2D eigenvalue weighted by molar-refractivity contribution is 0.254. The number of nitriles is 1. The van der Waals surface area contributed by atoms with Gasteiger partial charge in [0, 0.05) is 6.61 Å². The Morgan fingerprint density at radius 2 is 1.81 bits per heavy atom. The highest BCUT2D eigenvalue weighted by molar-refractivity contribution is 6.74. The highest BCUT2D eigenvalue weighted by Gasteiger charge is 2.37. The average molecular weight is 239 g/mol. The molecule has 0 aromatic carbocycles. The number of rotatable bonds is 5. The summed E-state index contributed by atoms with van der Waals surface area (Å²) in [5.41, 5.74) is -0.456. The van der Waals surface area contributed by atoms with Crippen LogP contribution in [0.1, 0.15) is 34.1 Å². The van der Waals surface area contributed by atoms with Crippen molar-refractivity contribution in [2.24, 2.45) is 5.41 Å². The van der Waals surface area contributed by atoms with Gasteiger partial charge < -0.3 is 4.43 Å². The maximum absolute atomic E-state index is 9.01. The third-order valence-corrected chi connectivity index (χ3v) is 8.13. The Balaban J connectivity index is 4.30. The van der Waals surface area contributed by atoms with E-state index in [1.54, 1.807) is 6.08 Å². The molecule has 0 heterocycles. The van der Waals surface area contributed by atoms with Gasteiger partial charge in [-0.3, -0.25) is 0 Å². The topological polar surface area (TPSA) is 33.0 Å². The Morgan fingerprint density at radius 1 is 1.31 bits per heavy atom. The molecule has 0 fully saturated rings. The standard InChI is InChI=1S/C13H25NOSi/c1-8-13(5,11-14)9-10-15-16(6,7)12(2,3)4/h8H,1,9-10H2,2-7H3. The summed E-state index contributed by atoms with van der Waals surface area (Å²) in [4.78, 5) is 0. The number of nitrogens with zero attached hydrogens (tertiary/aromatic N) is 1. The molecule has 16 heavy (non-hydrogen) atoms. The summed E-state index contributed by atoms with van der Waals surface area (Å²) in [6.45, 7) is 17.4. The lowest BCUT2D eigenvalue weighted by Crippen LogP contribution is -2.41. The summed E-state index contributed by atoms with van der Waals surface area (Å²) in [5, 5.41) is 9.24. The van der Waals surface area contributed by atoms with E-state index in [0.717, 1.165) is 6.42 Å². The molecule has 0 aromatic heterocycles. The Bertz CT molecular complexity index is 285. The van der Waals surface area contributed by atoms with Gasteiger partial charge in [-0.2, -0.15) is 5.26 Å². The Kier molecular flexibility index (Phi) is 4.97. The van der Waals surface area contributed by atoms with Gasteiger partial charge in [-0.15, -0.1) is 6.58 Å². The first-order valence-corrected chi connectivity index (χ1v) is 8.68. The summed E-state index contributed by atoms with van der Waals surface area (Å²) in [6, 6.07) is 2.27. The van der Waals surface area contributed by atoms with Crippen LogP contribution >= 0.6 is 0 Å². The molecule has 1 unspecified atom stereocenters. The highest BCUT2D eigenvalue weighted by Crippen LogP contribution is 2.37. The largest absolute Gasteiger partial charge is 0.417 e. The van der Waals surface area contributed by atoms with Crippen LogP contribution < -0.4 is 0 Å². The fourth-order valence-corrected chi connectivity index (χ4v) is 1.98. The van der Waals surface area contributed by atoms with Crippen molar-refractivity contribution in [3.63, 3.8) is 0 Å². The minimum atomic E-state index is -1.67. The van der Waals surface area contributed by atoms with Gasteiger partial charge in [0.2, 0.25) is 0 Å². The SMILES string of the molecule is C=CC(C)(C#N)CCO[Si](C)(C)C(C)(C)C. The molecule has 0 aliphatic carbocycles. The van der Waals surface area contributed by atoms with Crippen molar-refractivity contribution in [2.75, 3.05) is 6.61 Å². The fourth-order valence-electron chi connectivity index (χ4n) is 0.938. The lowest BCUT2D eigenvalue weighted by Gasteiger charge is -2.36.